The van der Waals surface area contributed by atoms with Crippen LogP contribution < -0.4 is 5.32 Å². The Morgan fingerprint density at radius 3 is 2.67 bits per heavy atom. The SMILES string of the molecule is Fc1ccc(NC2CCN3CCCCC23)cc1C(F)(F)F. The van der Waals surface area contributed by atoms with Crippen LogP contribution in [0.2, 0.25) is 0 Å². The van der Waals surface area contributed by atoms with E-state index in [0.29, 0.717) is 11.7 Å². The molecule has 1 aromatic rings. The molecule has 2 saturated heterocycles. The molecule has 2 nitrogen and oxygen atoms in total. The van der Waals surface area contributed by atoms with Gasteiger partial charge < -0.3 is 5.32 Å². The number of nitrogens with one attached hydrogen (secondary N) is 1. The van der Waals surface area contributed by atoms with E-state index in [1.807, 2.05) is 0 Å². The van der Waals surface area contributed by atoms with Gasteiger partial charge in [0.05, 0.1) is 5.56 Å². The number of nitrogens with zero attached hydrogens (tertiary/aromatic N) is 1. The lowest BCUT2D eigenvalue weighted by molar-refractivity contribution is -0.139. The van der Waals surface area contributed by atoms with Gasteiger partial charge in [-0.15, -0.1) is 0 Å². The molecule has 2 aliphatic heterocycles. The highest BCUT2D eigenvalue weighted by Crippen LogP contribution is 2.34. The van der Waals surface area contributed by atoms with Crippen molar-refractivity contribution >= 4 is 5.69 Å². The van der Waals surface area contributed by atoms with E-state index in [1.165, 1.54) is 12.5 Å². The molecule has 0 radical (unpaired) electrons. The number of anilines is 1. The predicted octanol–water partition coefficient (Wildman–Crippen LogP) is 3.88. The van der Waals surface area contributed by atoms with Crippen LogP contribution >= 0.6 is 0 Å². The zero-order valence-electron chi connectivity index (χ0n) is 11.6. The highest BCUT2D eigenvalue weighted by Gasteiger charge is 2.37. The molecule has 0 aromatic heterocycles. The first-order chi connectivity index (χ1) is 9.95. The summed E-state index contributed by atoms with van der Waals surface area (Å²) in [6.07, 6.45) is -0.308. The molecule has 2 unspecified atom stereocenters. The lowest BCUT2D eigenvalue weighted by Gasteiger charge is -2.33. The number of hydrogen-bond acceptors (Lipinski definition) is 2. The molecule has 3 rings (SSSR count). The Labute approximate surface area is 121 Å². The van der Waals surface area contributed by atoms with Crippen molar-refractivity contribution in [2.75, 3.05) is 18.4 Å². The van der Waals surface area contributed by atoms with Gasteiger partial charge in [-0.25, -0.2) is 4.39 Å². The third kappa shape index (κ3) is 3.00. The molecular formula is C15H18F4N2. The number of hydrogen-bond donors (Lipinski definition) is 1. The second-order valence-electron chi connectivity index (χ2n) is 5.83. The second kappa shape index (κ2) is 5.48. The molecule has 2 aliphatic rings. The van der Waals surface area contributed by atoms with E-state index in [1.54, 1.807) is 0 Å². The molecule has 2 heterocycles. The van der Waals surface area contributed by atoms with Crippen LogP contribution in [0.5, 0.6) is 0 Å². The first-order valence-corrected chi connectivity index (χ1v) is 7.32. The van der Waals surface area contributed by atoms with Gasteiger partial charge in [0.2, 0.25) is 0 Å². The molecule has 1 N–H and O–H groups in total. The van der Waals surface area contributed by atoms with Crippen molar-refractivity contribution in [1.29, 1.82) is 0 Å². The summed E-state index contributed by atoms with van der Waals surface area (Å²) in [4.78, 5) is 2.40. The van der Waals surface area contributed by atoms with Crippen LogP contribution in [0.4, 0.5) is 23.2 Å². The minimum absolute atomic E-state index is 0.150. The summed E-state index contributed by atoms with van der Waals surface area (Å²) in [7, 11) is 0. The number of halogens is 4. The number of rotatable bonds is 2. The molecule has 0 aliphatic carbocycles. The number of benzene rings is 1. The molecule has 0 saturated carbocycles. The Bertz CT molecular complexity index is 515. The van der Waals surface area contributed by atoms with Crippen molar-refractivity contribution in [3.63, 3.8) is 0 Å². The van der Waals surface area contributed by atoms with E-state index in [4.69, 9.17) is 0 Å². The maximum absolute atomic E-state index is 13.3. The Balaban J connectivity index is 1.76. The van der Waals surface area contributed by atoms with E-state index in [9.17, 15) is 17.6 Å². The van der Waals surface area contributed by atoms with E-state index >= 15 is 0 Å². The normalized spacial score (nSPS) is 26.7. The van der Waals surface area contributed by atoms with Crippen molar-refractivity contribution in [2.24, 2.45) is 0 Å². The monoisotopic (exact) mass is 302 g/mol. The van der Waals surface area contributed by atoms with Crippen molar-refractivity contribution < 1.29 is 17.6 Å². The molecule has 0 bridgehead atoms. The van der Waals surface area contributed by atoms with Gasteiger partial charge in [0.15, 0.2) is 0 Å². The highest BCUT2D eigenvalue weighted by atomic mass is 19.4. The largest absolute Gasteiger partial charge is 0.419 e. The predicted molar refractivity (Wildman–Crippen MR) is 72.6 cm³/mol. The van der Waals surface area contributed by atoms with Gasteiger partial charge in [-0.3, -0.25) is 4.90 Å². The molecule has 6 heteroatoms. The first kappa shape index (κ1) is 14.6. The molecule has 116 valence electrons. The summed E-state index contributed by atoms with van der Waals surface area (Å²) >= 11 is 0. The van der Waals surface area contributed by atoms with Gasteiger partial charge in [0, 0.05) is 24.3 Å². The summed E-state index contributed by atoms with van der Waals surface area (Å²) < 4.78 is 51.5. The fourth-order valence-corrected chi connectivity index (χ4v) is 3.46. The van der Waals surface area contributed by atoms with Gasteiger partial charge in [-0.05, 0) is 44.0 Å². The Hall–Kier alpha value is -1.30. The highest BCUT2D eigenvalue weighted by molar-refractivity contribution is 5.48. The summed E-state index contributed by atoms with van der Waals surface area (Å²) in [5, 5.41) is 3.17. The zero-order valence-corrected chi connectivity index (χ0v) is 11.6. The van der Waals surface area contributed by atoms with Gasteiger partial charge >= 0.3 is 6.18 Å². The van der Waals surface area contributed by atoms with Crippen LogP contribution in [-0.4, -0.2) is 30.1 Å². The lowest BCUT2D eigenvalue weighted by atomic mass is 9.98. The maximum Gasteiger partial charge on any atom is 0.419 e. The summed E-state index contributed by atoms with van der Waals surface area (Å²) in [6.45, 7) is 2.05. The molecule has 21 heavy (non-hydrogen) atoms. The van der Waals surface area contributed by atoms with Crippen molar-refractivity contribution in [1.82, 2.24) is 4.90 Å². The van der Waals surface area contributed by atoms with Crippen molar-refractivity contribution in [2.45, 2.75) is 43.9 Å². The summed E-state index contributed by atoms with van der Waals surface area (Å²) in [5.74, 6) is -1.22. The van der Waals surface area contributed by atoms with E-state index in [2.05, 4.69) is 10.2 Å². The third-order valence-electron chi connectivity index (χ3n) is 4.48. The van der Waals surface area contributed by atoms with Gasteiger partial charge in [0.25, 0.3) is 0 Å². The van der Waals surface area contributed by atoms with E-state index in [0.717, 1.165) is 44.5 Å². The fourth-order valence-electron chi connectivity index (χ4n) is 3.46. The standard InChI is InChI=1S/C15H18F4N2/c16-12-5-4-10(9-11(12)15(17,18)19)20-13-6-8-21-7-2-1-3-14(13)21/h4-5,9,13-14,20H,1-3,6-8H2. The van der Waals surface area contributed by atoms with Crippen molar-refractivity contribution in [3.05, 3.63) is 29.6 Å². The number of fused-ring (bicyclic) bond motifs is 1. The Morgan fingerprint density at radius 1 is 1.10 bits per heavy atom. The van der Waals surface area contributed by atoms with Gasteiger partial charge in [0.1, 0.15) is 5.82 Å². The Kier molecular flexibility index (Phi) is 3.82. The minimum atomic E-state index is -4.66. The molecule has 2 atom stereocenters. The zero-order chi connectivity index (χ0) is 15.0. The average Bonchev–Trinajstić information content (AvgIpc) is 2.83. The van der Waals surface area contributed by atoms with E-state index in [-0.39, 0.29) is 6.04 Å². The van der Waals surface area contributed by atoms with Crippen LogP contribution in [-0.2, 0) is 6.18 Å². The quantitative estimate of drug-likeness (QED) is 0.834. The molecule has 0 spiro atoms. The molecule has 2 fully saturated rings. The van der Waals surface area contributed by atoms with Crippen LogP contribution in [0.15, 0.2) is 18.2 Å². The van der Waals surface area contributed by atoms with E-state index < -0.39 is 17.6 Å². The number of alkyl halides is 3. The van der Waals surface area contributed by atoms with Gasteiger partial charge in [-0.1, -0.05) is 6.42 Å². The molecule has 1 aromatic carbocycles. The summed E-state index contributed by atoms with van der Waals surface area (Å²) in [6, 6.07) is 3.69. The average molecular weight is 302 g/mol. The lowest BCUT2D eigenvalue weighted by Crippen LogP contribution is -2.41. The van der Waals surface area contributed by atoms with Crippen molar-refractivity contribution in [3.8, 4) is 0 Å². The summed E-state index contributed by atoms with van der Waals surface area (Å²) in [5.41, 5.74) is -0.854. The smallest absolute Gasteiger partial charge is 0.381 e. The topological polar surface area (TPSA) is 15.3 Å². The van der Waals surface area contributed by atoms with Crippen LogP contribution in [0.1, 0.15) is 31.2 Å². The van der Waals surface area contributed by atoms with Crippen LogP contribution in [0.25, 0.3) is 0 Å². The maximum atomic E-state index is 13.3. The second-order valence-corrected chi connectivity index (χ2v) is 5.83. The minimum Gasteiger partial charge on any atom is -0.381 e. The van der Waals surface area contributed by atoms with Crippen LogP contribution in [0.3, 0.4) is 0 Å². The van der Waals surface area contributed by atoms with Crippen LogP contribution in [0, 0.1) is 5.82 Å². The third-order valence-corrected chi connectivity index (χ3v) is 4.48. The fraction of sp³-hybridized carbons (Fsp3) is 0.600. The van der Waals surface area contributed by atoms with Gasteiger partial charge in [-0.2, -0.15) is 13.2 Å². The Morgan fingerprint density at radius 2 is 1.90 bits per heavy atom. The molecule has 0 amide bonds. The number of piperidine rings is 1. The first-order valence-electron chi connectivity index (χ1n) is 7.32. The molecular weight excluding hydrogens is 284 g/mol.